The van der Waals surface area contributed by atoms with Gasteiger partial charge in [-0.25, -0.2) is 0 Å². The summed E-state index contributed by atoms with van der Waals surface area (Å²) < 4.78 is 0. The summed E-state index contributed by atoms with van der Waals surface area (Å²) in [6.07, 6.45) is 4.45. The zero-order valence-corrected chi connectivity index (χ0v) is 12.5. The van der Waals surface area contributed by atoms with Crippen LogP contribution in [0.3, 0.4) is 0 Å². The molecule has 4 nitrogen and oxygen atoms in total. The van der Waals surface area contributed by atoms with Crippen LogP contribution >= 0.6 is 0 Å². The fourth-order valence-electron chi connectivity index (χ4n) is 2.58. The highest BCUT2D eigenvalue weighted by molar-refractivity contribution is 5.84. The van der Waals surface area contributed by atoms with Crippen LogP contribution in [0.25, 0.3) is 10.9 Å². The number of carbonyl (C=O) groups is 1. The van der Waals surface area contributed by atoms with E-state index in [1.807, 2.05) is 49.5 Å². The number of fused-ring (bicyclic) bond motifs is 1. The van der Waals surface area contributed by atoms with Crippen molar-refractivity contribution < 1.29 is 4.79 Å². The van der Waals surface area contributed by atoms with Crippen LogP contribution in [-0.2, 0) is 17.8 Å². The number of rotatable bonds is 5. The van der Waals surface area contributed by atoms with Crippen LogP contribution in [0.5, 0.6) is 0 Å². The lowest BCUT2D eigenvalue weighted by Crippen LogP contribution is -2.30. The molecule has 1 atom stereocenters. The van der Waals surface area contributed by atoms with E-state index < -0.39 is 0 Å². The molecule has 3 aromatic rings. The van der Waals surface area contributed by atoms with Gasteiger partial charge in [-0.05, 0) is 30.2 Å². The summed E-state index contributed by atoms with van der Waals surface area (Å²) in [4.78, 5) is 19.7. The molecule has 0 aliphatic carbocycles. The van der Waals surface area contributed by atoms with E-state index in [-0.39, 0.29) is 11.8 Å². The van der Waals surface area contributed by atoms with Crippen molar-refractivity contribution in [1.29, 1.82) is 0 Å². The molecule has 2 aromatic heterocycles. The minimum Gasteiger partial charge on any atom is -0.361 e. The number of carbonyl (C=O) groups excluding carboxylic acids is 1. The maximum Gasteiger partial charge on any atom is 0.223 e. The number of hydrogen-bond acceptors (Lipinski definition) is 2. The van der Waals surface area contributed by atoms with E-state index in [1.165, 1.54) is 10.9 Å². The third-order valence-electron chi connectivity index (χ3n) is 3.82. The second kappa shape index (κ2) is 6.43. The molecule has 0 aliphatic rings. The Labute approximate surface area is 129 Å². The standard InChI is InChI=1S/C18H19N3O/c1-13(18(22)21-12-15-6-4-5-9-19-15)10-14-11-20-17-8-3-2-7-16(14)17/h2-9,11,13,20H,10,12H2,1H3,(H,21,22). The average Bonchev–Trinajstić information content (AvgIpc) is 2.97. The number of para-hydroxylation sites is 1. The number of benzene rings is 1. The first-order valence-electron chi connectivity index (χ1n) is 7.46. The predicted molar refractivity (Wildman–Crippen MR) is 87.3 cm³/mol. The molecule has 1 amide bonds. The molecule has 22 heavy (non-hydrogen) atoms. The molecular weight excluding hydrogens is 274 g/mol. The molecule has 0 radical (unpaired) electrons. The second-order valence-electron chi connectivity index (χ2n) is 5.50. The Bertz CT molecular complexity index is 764. The van der Waals surface area contributed by atoms with Gasteiger partial charge in [0.2, 0.25) is 5.91 Å². The summed E-state index contributed by atoms with van der Waals surface area (Å²) in [5.41, 5.74) is 3.16. The topological polar surface area (TPSA) is 57.8 Å². The average molecular weight is 293 g/mol. The number of amides is 1. The van der Waals surface area contributed by atoms with Crippen LogP contribution in [0.4, 0.5) is 0 Å². The van der Waals surface area contributed by atoms with Crippen LogP contribution in [0.1, 0.15) is 18.2 Å². The van der Waals surface area contributed by atoms with E-state index in [0.717, 1.165) is 17.6 Å². The summed E-state index contributed by atoms with van der Waals surface area (Å²) in [6.45, 7) is 2.42. The lowest BCUT2D eigenvalue weighted by atomic mass is 10.00. The van der Waals surface area contributed by atoms with Gasteiger partial charge in [0.1, 0.15) is 0 Å². The van der Waals surface area contributed by atoms with Crippen LogP contribution in [0.2, 0.25) is 0 Å². The SMILES string of the molecule is CC(Cc1c[nH]c2ccccc12)C(=O)NCc1ccccn1. The quantitative estimate of drug-likeness (QED) is 0.759. The van der Waals surface area contributed by atoms with Gasteiger partial charge in [0.05, 0.1) is 12.2 Å². The molecule has 0 aliphatic heterocycles. The van der Waals surface area contributed by atoms with Crippen molar-refractivity contribution in [1.82, 2.24) is 15.3 Å². The number of aromatic amines is 1. The largest absolute Gasteiger partial charge is 0.361 e. The normalized spacial score (nSPS) is 12.2. The second-order valence-corrected chi connectivity index (χ2v) is 5.50. The molecule has 2 N–H and O–H groups in total. The molecule has 0 spiro atoms. The highest BCUT2D eigenvalue weighted by Crippen LogP contribution is 2.20. The summed E-state index contributed by atoms with van der Waals surface area (Å²) in [5, 5.41) is 4.13. The predicted octanol–water partition coefficient (Wildman–Crippen LogP) is 3.06. The Morgan fingerprint density at radius 2 is 2.05 bits per heavy atom. The summed E-state index contributed by atoms with van der Waals surface area (Å²) in [7, 11) is 0. The molecule has 0 fully saturated rings. The van der Waals surface area contributed by atoms with Gasteiger partial charge >= 0.3 is 0 Å². The molecular formula is C18H19N3O. The summed E-state index contributed by atoms with van der Waals surface area (Å²) >= 11 is 0. The maximum atomic E-state index is 12.2. The fourth-order valence-corrected chi connectivity index (χ4v) is 2.58. The van der Waals surface area contributed by atoms with Crippen molar-refractivity contribution in [2.45, 2.75) is 19.9 Å². The third kappa shape index (κ3) is 3.17. The first-order valence-corrected chi connectivity index (χ1v) is 7.46. The monoisotopic (exact) mass is 293 g/mol. The van der Waals surface area contributed by atoms with Crippen molar-refractivity contribution in [3.8, 4) is 0 Å². The van der Waals surface area contributed by atoms with Crippen LogP contribution < -0.4 is 5.32 Å². The Balaban J connectivity index is 1.61. The lowest BCUT2D eigenvalue weighted by molar-refractivity contribution is -0.124. The Morgan fingerprint density at radius 1 is 1.23 bits per heavy atom. The van der Waals surface area contributed by atoms with E-state index in [9.17, 15) is 4.79 Å². The maximum absolute atomic E-state index is 12.2. The zero-order valence-electron chi connectivity index (χ0n) is 12.5. The Hall–Kier alpha value is -2.62. The number of aromatic nitrogens is 2. The van der Waals surface area contributed by atoms with Crippen molar-refractivity contribution >= 4 is 16.8 Å². The number of nitrogens with one attached hydrogen (secondary N) is 2. The van der Waals surface area contributed by atoms with Crippen LogP contribution in [0, 0.1) is 5.92 Å². The Morgan fingerprint density at radius 3 is 2.86 bits per heavy atom. The number of H-pyrrole nitrogens is 1. The van der Waals surface area contributed by atoms with Crippen LogP contribution in [0.15, 0.2) is 54.9 Å². The van der Waals surface area contributed by atoms with Gasteiger partial charge < -0.3 is 10.3 Å². The highest BCUT2D eigenvalue weighted by atomic mass is 16.1. The van der Waals surface area contributed by atoms with Gasteiger partial charge in [-0.1, -0.05) is 31.2 Å². The molecule has 2 heterocycles. The van der Waals surface area contributed by atoms with Gasteiger partial charge in [-0.15, -0.1) is 0 Å². The molecule has 0 saturated heterocycles. The molecule has 1 unspecified atom stereocenters. The zero-order chi connectivity index (χ0) is 15.4. The van der Waals surface area contributed by atoms with Gasteiger partial charge in [-0.2, -0.15) is 0 Å². The molecule has 4 heteroatoms. The summed E-state index contributed by atoms with van der Waals surface area (Å²) in [6, 6.07) is 13.8. The minimum atomic E-state index is -0.0806. The fraction of sp³-hybridized carbons (Fsp3) is 0.222. The van der Waals surface area contributed by atoms with Gasteiger partial charge in [0, 0.05) is 29.2 Å². The Kier molecular flexibility index (Phi) is 4.19. The summed E-state index contributed by atoms with van der Waals surface area (Å²) in [5.74, 6) is -0.0288. The smallest absolute Gasteiger partial charge is 0.223 e. The molecule has 0 bridgehead atoms. The first kappa shape index (κ1) is 14.3. The minimum absolute atomic E-state index is 0.0518. The van der Waals surface area contributed by atoms with E-state index in [0.29, 0.717) is 6.54 Å². The van der Waals surface area contributed by atoms with E-state index in [4.69, 9.17) is 0 Å². The van der Waals surface area contributed by atoms with Gasteiger partial charge in [0.15, 0.2) is 0 Å². The third-order valence-corrected chi connectivity index (χ3v) is 3.82. The van der Waals surface area contributed by atoms with E-state index in [2.05, 4.69) is 21.4 Å². The molecule has 0 saturated carbocycles. The van der Waals surface area contributed by atoms with Crippen molar-refractivity contribution in [2.75, 3.05) is 0 Å². The van der Waals surface area contributed by atoms with E-state index in [1.54, 1.807) is 6.20 Å². The number of nitrogens with zero attached hydrogens (tertiary/aromatic N) is 1. The van der Waals surface area contributed by atoms with Crippen molar-refractivity contribution in [3.63, 3.8) is 0 Å². The van der Waals surface area contributed by atoms with E-state index >= 15 is 0 Å². The first-order chi connectivity index (χ1) is 10.7. The van der Waals surface area contributed by atoms with Crippen LogP contribution in [-0.4, -0.2) is 15.9 Å². The number of pyridine rings is 1. The lowest BCUT2D eigenvalue weighted by Gasteiger charge is -2.11. The molecule has 3 rings (SSSR count). The molecule has 112 valence electrons. The van der Waals surface area contributed by atoms with Gasteiger partial charge in [-0.3, -0.25) is 9.78 Å². The van der Waals surface area contributed by atoms with Gasteiger partial charge in [0.25, 0.3) is 0 Å². The highest BCUT2D eigenvalue weighted by Gasteiger charge is 2.15. The molecule has 1 aromatic carbocycles. The van der Waals surface area contributed by atoms with Crippen molar-refractivity contribution in [2.24, 2.45) is 5.92 Å². The number of hydrogen-bond donors (Lipinski definition) is 2. The van der Waals surface area contributed by atoms with Crippen molar-refractivity contribution in [3.05, 3.63) is 66.1 Å².